The SMILES string of the molecule is Cc1nc2cc(C(C)C)c(-c3cccc(OCCN(C)C)c3)cc2c(=O)[nH]1. The molecule has 0 spiro atoms. The van der Waals surface area contributed by atoms with Gasteiger partial charge in [-0.1, -0.05) is 26.0 Å². The number of aromatic amines is 1. The van der Waals surface area contributed by atoms with Crippen molar-refractivity contribution in [3.05, 3.63) is 58.1 Å². The molecule has 0 aliphatic heterocycles. The van der Waals surface area contributed by atoms with Crippen LogP contribution in [0, 0.1) is 6.92 Å². The van der Waals surface area contributed by atoms with Crippen LogP contribution < -0.4 is 10.3 Å². The Kier molecular flexibility index (Phi) is 5.61. The number of benzene rings is 2. The van der Waals surface area contributed by atoms with Crippen molar-refractivity contribution in [2.75, 3.05) is 27.2 Å². The first-order chi connectivity index (χ1) is 12.8. The molecule has 3 aromatic rings. The van der Waals surface area contributed by atoms with Crippen LogP contribution in [0.2, 0.25) is 0 Å². The van der Waals surface area contributed by atoms with Crippen molar-refractivity contribution >= 4 is 10.9 Å². The third-order valence-corrected chi connectivity index (χ3v) is 4.57. The first kappa shape index (κ1) is 19.1. The molecule has 0 saturated heterocycles. The smallest absolute Gasteiger partial charge is 0.258 e. The molecule has 0 saturated carbocycles. The molecule has 5 heteroatoms. The molecule has 1 aromatic heterocycles. The van der Waals surface area contributed by atoms with Crippen molar-refractivity contribution in [3.8, 4) is 16.9 Å². The van der Waals surface area contributed by atoms with Gasteiger partial charge in [0.25, 0.3) is 5.56 Å². The first-order valence-corrected chi connectivity index (χ1v) is 9.27. The number of fused-ring (bicyclic) bond motifs is 1. The first-order valence-electron chi connectivity index (χ1n) is 9.27. The second kappa shape index (κ2) is 7.92. The van der Waals surface area contributed by atoms with Gasteiger partial charge in [-0.05, 0) is 67.9 Å². The van der Waals surface area contributed by atoms with Crippen LogP contribution in [0.25, 0.3) is 22.0 Å². The summed E-state index contributed by atoms with van der Waals surface area (Å²) >= 11 is 0. The molecule has 3 rings (SSSR count). The lowest BCUT2D eigenvalue weighted by Crippen LogP contribution is -2.19. The summed E-state index contributed by atoms with van der Waals surface area (Å²) in [5.41, 5.74) is 3.90. The van der Waals surface area contributed by atoms with Gasteiger partial charge >= 0.3 is 0 Å². The lowest BCUT2D eigenvalue weighted by molar-refractivity contribution is 0.261. The third kappa shape index (κ3) is 4.37. The fourth-order valence-electron chi connectivity index (χ4n) is 3.15. The number of aromatic nitrogens is 2. The molecule has 0 bridgehead atoms. The van der Waals surface area contributed by atoms with Gasteiger partial charge in [0.05, 0.1) is 10.9 Å². The van der Waals surface area contributed by atoms with E-state index in [1.54, 1.807) is 6.92 Å². The normalized spacial score (nSPS) is 11.5. The Morgan fingerprint density at radius 3 is 2.67 bits per heavy atom. The van der Waals surface area contributed by atoms with Crippen LogP contribution in [0.3, 0.4) is 0 Å². The quantitative estimate of drug-likeness (QED) is 0.718. The largest absolute Gasteiger partial charge is 0.492 e. The van der Waals surface area contributed by atoms with Crippen LogP contribution in [0.15, 0.2) is 41.2 Å². The highest BCUT2D eigenvalue weighted by Crippen LogP contribution is 2.33. The predicted octanol–water partition coefficient (Wildman–Crippen LogP) is 3.96. The van der Waals surface area contributed by atoms with Gasteiger partial charge in [-0.2, -0.15) is 0 Å². The molecule has 0 unspecified atom stereocenters. The number of nitrogens with zero attached hydrogens (tertiary/aromatic N) is 2. The number of H-pyrrole nitrogens is 1. The number of aryl methyl sites for hydroxylation is 1. The molecule has 1 heterocycles. The minimum Gasteiger partial charge on any atom is -0.492 e. The van der Waals surface area contributed by atoms with E-state index in [1.165, 1.54) is 5.56 Å². The van der Waals surface area contributed by atoms with Crippen molar-refractivity contribution in [2.24, 2.45) is 0 Å². The van der Waals surface area contributed by atoms with Crippen molar-refractivity contribution in [2.45, 2.75) is 26.7 Å². The van der Waals surface area contributed by atoms with Gasteiger partial charge in [0, 0.05) is 6.54 Å². The maximum Gasteiger partial charge on any atom is 0.258 e. The third-order valence-electron chi connectivity index (χ3n) is 4.57. The number of likely N-dealkylation sites (N-methyl/N-ethyl adjacent to an activating group) is 1. The molecular weight excluding hydrogens is 338 g/mol. The second-order valence-electron chi connectivity index (χ2n) is 7.44. The molecule has 142 valence electrons. The lowest BCUT2D eigenvalue weighted by Gasteiger charge is -2.16. The topological polar surface area (TPSA) is 58.2 Å². The van der Waals surface area contributed by atoms with E-state index in [1.807, 2.05) is 44.4 Å². The predicted molar refractivity (Wildman–Crippen MR) is 111 cm³/mol. The highest BCUT2D eigenvalue weighted by molar-refractivity contribution is 5.86. The van der Waals surface area contributed by atoms with Gasteiger partial charge in [0.2, 0.25) is 0 Å². The molecule has 0 aliphatic rings. The maximum atomic E-state index is 12.4. The summed E-state index contributed by atoms with van der Waals surface area (Å²) < 4.78 is 5.88. The van der Waals surface area contributed by atoms with Crippen LogP contribution in [0.5, 0.6) is 5.75 Å². The number of ether oxygens (including phenoxy) is 1. The summed E-state index contributed by atoms with van der Waals surface area (Å²) in [7, 11) is 4.05. The van der Waals surface area contributed by atoms with Crippen LogP contribution in [-0.2, 0) is 0 Å². The van der Waals surface area contributed by atoms with E-state index in [0.29, 0.717) is 23.7 Å². The van der Waals surface area contributed by atoms with E-state index in [-0.39, 0.29) is 5.56 Å². The lowest BCUT2D eigenvalue weighted by atomic mass is 9.91. The summed E-state index contributed by atoms with van der Waals surface area (Å²) in [6.07, 6.45) is 0. The van der Waals surface area contributed by atoms with Gasteiger partial charge in [-0.25, -0.2) is 4.98 Å². The van der Waals surface area contributed by atoms with E-state index < -0.39 is 0 Å². The minimum absolute atomic E-state index is 0.104. The Hall–Kier alpha value is -2.66. The summed E-state index contributed by atoms with van der Waals surface area (Å²) in [6, 6.07) is 12.0. The summed E-state index contributed by atoms with van der Waals surface area (Å²) in [4.78, 5) is 21.8. The van der Waals surface area contributed by atoms with Gasteiger partial charge in [0.15, 0.2) is 0 Å². The van der Waals surface area contributed by atoms with E-state index >= 15 is 0 Å². The highest BCUT2D eigenvalue weighted by atomic mass is 16.5. The molecule has 0 fully saturated rings. The maximum absolute atomic E-state index is 12.4. The number of hydrogen-bond acceptors (Lipinski definition) is 4. The highest BCUT2D eigenvalue weighted by Gasteiger charge is 2.14. The Labute approximate surface area is 160 Å². The molecule has 0 aliphatic carbocycles. The van der Waals surface area contributed by atoms with Crippen molar-refractivity contribution < 1.29 is 4.74 Å². The Balaban J connectivity index is 2.07. The molecule has 1 N–H and O–H groups in total. The van der Waals surface area contributed by atoms with Gasteiger partial charge < -0.3 is 14.6 Å². The number of nitrogens with one attached hydrogen (secondary N) is 1. The standard InChI is InChI=1S/C22H27N3O2/c1-14(2)18-13-21-20(22(26)24-15(3)23-21)12-19(18)16-7-6-8-17(11-16)27-10-9-25(4)5/h6-8,11-14H,9-10H2,1-5H3,(H,23,24,26). The van der Waals surface area contributed by atoms with Crippen molar-refractivity contribution in [1.29, 1.82) is 0 Å². The molecule has 0 amide bonds. The average molecular weight is 365 g/mol. The van der Waals surface area contributed by atoms with E-state index in [4.69, 9.17) is 4.74 Å². The zero-order valence-electron chi connectivity index (χ0n) is 16.7. The Morgan fingerprint density at radius 1 is 1.19 bits per heavy atom. The second-order valence-corrected chi connectivity index (χ2v) is 7.44. The monoisotopic (exact) mass is 365 g/mol. The summed E-state index contributed by atoms with van der Waals surface area (Å²) in [5.74, 6) is 1.77. The summed E-state index contributed by atoms with van der Waals surface area (Å²) in [6.45, 7) is 7.61. The molecule has 0 radical (unpaired) electrons. The van der Waals surface area contributed by atoms with Crippen LogP contribution in [0.4, 0.5) is 0 Å². The molecule has 0 atom stereocenters. The van der Waals surface area contributed by atoms with Crippen LogP contribution in [-0.4, -0.2) is 42.1 Å². The minimum atomic E-state index is -0.104. The van der Waals surface area contributed by atoms with E-state index in [2.05, 4.69) is 34.8 Å². The molecule has 2 aromatic carbocycles. The molecular formula is C22H27N3O2. The van der Waals surface area contributed by atoms with Gasteiger partial charge in [0.1, 0.15) is 18.2 Å². The van der Waals surface area contributed by atoms with Crippen molar-refractivity contribution in [1.82, 2.24) is 14.9 Å². The zero-order valence-corrected chi connectivity index (χ0v) is 16.7. The van der Waals surface area contributed by atoms with E-state index in [9.17, 15) is 4.79 Å². The van der Waals surface area contributed by atoms with Crippen molar-refractivity contribution in [3.63, 3.8) is 0 Å². The summed E-state index contributed by atoms with van der Waals surface area (Å²) in [5, 5.41) is 0.610. The number of hydrogen-bond donors (Lipinski definition) is 1. The van der Waals surface area contributed by atoms with Crippen LogP contribution in [0.1, 0.15) is 31.2 Å². The van der Waals surface area contributed by atoms with Crippen LogP contribution >= 0.6 is 0 Å². The van der Waals surface area contributed by atoms with Gasteiger partial charge in [-0.15, -0.1) is 0 Å². The fraction of sp³-hybridized carbons (Fsp3) is 0.364. The average Bonchev–Trinajstić information content (AvgIpc) is 2.60. The Bertz CT molecular complexity index is 1010. The van der Waals surface area contributed by atoms with Gasteiger partial charge in [-0.3, -0.25) is 4.79 Å². The van der Waals surface area contributed by atoms with E-state index in [0.717, 1.165) is 28.9 Å². The fourth-order valence-corrected chi connectivity index (χ4v) is 3.15. The molecule has 5 nitrogen and oxygen atoms in total. The molecule has 27 heavy (non-hydrogen) atoms. The Morgan fingerprint density at radius 2 is 1.96 bits per heavy atom. The number of rotatable bonds is 6. The zero-order chi connectivity index (χ0) is 19.6.